The molecule has 2 nitrogen and oxygen atoms in total. The lowest BCUT2D eigenvalue weighted by atomic mass is 9.83. The van der Waals surface area contributed by atoms with Gasteiger partial charge in [-0.05, 0) is 51.4 Å². The quantitative estimate of drug-likeness (QED) is 0.777. The van der Waals surface area contributed by atoms with E-state index in [4.69, 9.17) is 0 Å². The molecule has 1 saturated heterocycles. The lowest BCUT2D eigenvalue weighted by Gasteiger charge is -2.27. The van der Waals surface area contributed by atoms with Gasteiger partial charge >= 0.3 is 0 Å². The molecule has 1 aliphatic heterocycles. The maximum Gasteiger partial charge on any atom is 0.000264 e. The van der Waals surface area contributed by atoms with Gasteiger partial charge in [-0.25, -0.2) is 0 Å². The van der Waals surface area contributed by atoms with E-state index in [9.17, 15) is 0 Å². The van der Waals surface area contributed by atoms with Crippen molar-refractivity contribution < 1.29 is 0 Å². The van der Waals surface area contributed by atoms with Gasteiger partial charge in [0.15, 0.2) is 0 Å². The zero-order valence-corrected chi connectivity index (χ0v) is 11.4. The van der Waals surface area contributed by atoms with Crippen LogP contribution in [-0.4, -0.2) is 38.1 Å². The lowest BCUT2D eigenvalue weighted by Crippen LogP contribution is -2.31. The minimum atomic E-state index is 0.540. The van der Waals surface area contributed by atoms with E-state index in [0.717, 1.165) is 0 Å². The Balaban J connectivity index is 0.000000921. The molecule has 0 aromatic heterocycles. The van der Waals surface area contributed by atoms with E-state index in [0.29, 0.717) is 5.41 Å². The molecule has 0 spiro atoms. The van der Waals surface area contributed by atoms with Crippen molar-refractivity contribution in [2.24, 2.45) is 5.41 Å². The molecular formula is C13H30N2. The highest BCUT2D eigenvalue weighted by molar-refractivity contribution is 4.81. The van der Waals surface area contributed by atoms with Gasteiger partial charge in [-0.3, -0.25) is 0 Å². The molecule has 0 amide bonds. The third-order valence-electron chi connectivity index (χ3n) is 3.34. The summed E-state index contributed by atoms with van der Waals surface area (Å²) in [6, 6.07) is 0. The second kappa shape index (κ2) is 8.12. The van der Waals surface area contributed by atoms with Crippen molar-refractivity contribution in [3.8, 4) is 0 Å². The molecule has 0 saturated carbocycles. The normalized spacial score (nSPS) is 27.8. The van der Waals surface area contributed by atoms with E-state index in [1.54, 1.807) is 0 Å². The average Bonchev–Trinajstić information content (AvgIpc) is 2.44. The van der Waals surface area contributed by atoms with Crippen LogP contribution in [0.15, 0.2) is 0 Å². The molecule has 1 rings (SSSR count). The first kappa shape index (κ1) is 14.9. The second-order valence-corrected chi connectivity index (χ2v) is 4.63. The number of hydrogen-bond acceptors (Lipinski definition) is 2. The summed E-state index contributed by atoms with van der Waals surface area (Å²) in [4.78, 5) is 2.57. The standard InChI is InChI=1S/C11H24N2.C2H6/c1-4-13-8-5-6-11(2,7-9-13)10-12-3;1-2/h12H,4-10H2,1-3H3;1-2H3. The minimum Gasteiger partial charge on any atom is -0.319 e. The summed E-state index contributed by atoms with van der Waals surface area (Å²) in [6.07, 6.45) is 4.10. The van der Waals surface area contributed by atoms with Crippen LogP contribution in [0.2, 0.25) is 0 Å². The summed E-state index contributed by atoms with van der Waals surface area (Å²) >= 11 is 0. The number of nitrogens with one attached hydrogen (secondary N) is 1. The van der Waals surface area contributed by atoms with Crippen molar-refractivity contribution in [3.63, 3.8) is 0 Å². The van der Waals surface area contributed by atoms with E-state index < -0.39 is 0 Å². The third kappa shape index (κ3) is 5.53. The highest BCUT2D eigenvalue weighted by Crippen LogP contribution is 2.29. The first-order valence-electron chi connectivity index (χ1n) is 6.57. The molecule has 1 fully saturated rings. The molecule has 0 aromatic rings. The smallest absolute Gasteiger partial charge is 0.000264 e. The molecule has 1 unspecified atom stereocenters. The Morgan fingerprint density at radius 1 is 1.20 bits per heavy atom. The van der Waals surface area contributed by atoms with Crippen molar-refractivity contribution in [1.29, 1.82) is 0 Å². The van der Waals surface area contributed by atoms with Crippen molar-refractivity contribution in [2.75, 3.05) is 33.2 Å². The Morgan fingerprint density at radius 3 is 2.40 bits per heavy atom. The zero-order chi connectivity index (χ0) is 11.7. The first-order valence-corrected chi connectivity index (χ1v) is 6.57. The minimum absolute atomic E-state index is 0.540. The van der Waals surface area contributed by atoms with Crippen LogP contribution in [0.1, 0.15) is 47.0 Å². The van der Waals surface area contributed by atoms with Crippen molar-refractivity contribution in [1.82, 2.24) is 10.2 Å². The highest BCUT2D eigenvalue weighted by Gasteiger charge is 2.26. The van der Waals surface area contributed by atoms with E-state index in [-0.39, 0.29) is 0 Å². The van der Waals surface area contributed by atoms with Crippen molar-refractivity contribution >= 4 is 0 Å². The topological polar surface area (TPSA) is 15.3 Å². The van der Waals surface area contributed by atoms with Gasteiger partial charge < -0.3 is 10.2 Å². The average molecular weight is 214 g/mol. The van der Waals surface area contributed by atoms with Crippen LogP contribution in [0, 0.1) is 5.41 Å². The molecule has 1 N–H and O–H groups in total. The lowest BCUT2D eigenvalue weighted by molar-refractivity contribution is 0.251. The number of likely N-dealkylation sites (tertiary alicyclic amines) is 1. The summed E-state index contributed by atoms with van der Waals surface area (Å²) in [5, 5.41) is 3.32. The van der Waals surface area contributed by atoms with Crippen LogP contribution in [0.4, 0.5) is 0 Å². The Morgan fingerprint density at radius 2 is 1.87 bits per heavy atom. The van der Waals surface area contributed by atoms with E-state index in [1.807, 2.05) is 13.8 Å². The zero-order valence-electron chi connectivity index (χ0n) is 11.4. The number of hydrogen-bond donors (Lipinski definition) is 1. The maximum absolute atomic E-state index is 3.32. The van der Waals surface area contributed by atoms with Gasteiger partial charge in [0.25, 0.3) is 0 Å². The Kier molecular flexibility index (Phi) is 8.07. The van der Waals surface area contributed by atoms with Crippen LogP contribution in [0.5, 0.6) is 0 Å². The molecular weight excluding hydrogens is 184 g/mol. The fourth-order valence-electron chi connectivity index (χ4n) is 2.31. The second-order valence-electron chi connectivity index (χ2n) is 4.63. The fourth-order valence-corrected chi connectivity index (χ4v) is 2.31. The van der Waals surface area contributed by atoms with Gasteiger partial charge in [0, 0.05) is 6.54 Å². The summed E-state index contributed by atoms with van der Waals surface area (Å²) in [5.41, 5.74) is 0.540. The maximum atomic E-state index is 3.32. The Hall–Kier alpha value is -0.0800. The van der Waals surface area contributed by atoms with Crippen LogP contribution in [0.25, 0.3) is 0 Å². The van der Waals surface area contributed by atoms with E-state index in [1.165, 1.54) is 45.4 Å². The number of nitrogens with zero attached hydrogens (tertiary/aromatic N) is 1. The van der Waals surface area contributed by atoms with Crippen LogP contribution in [-0.2, 0) is 0 Å². The molecule has 15 heavy (non-hydrogen) atoms. The molecule has 92 valence electrons. The van der Waals surface area contributed by atoms with Crippen LogP contribution in [0.3, 0.4) is 0 Å². The Labute approximate surface area is 96.4 Å². The van der Waals surface area contributed by atoms with Gasteiger partial charge in [0.1, 0.15) is 0 Å². The SMILES string of the molecule is CC.CCN1CCCC(C)(CNC)CC1. The van der Waals surface area contributed by atoms with Crippen LogP contribution >= 0.6 is 0 Å². The predicted molar refractivity (Wildman–Crippen MR) is 69.3 cm³/mol. The van der Waals surface area contributed by atoms with E-state index in [2.05, 4.69) is 31.1 Å². The van der Waals surface area contributed by atoms with Crippen molar-refractivity contribution in [2.45, 2.75) is 47.0 Å². The van der Waals surface area contributed by atoms with Gasteiger partial charge in [-0.1, -0.05) is 27.7 Å². The molecule has 0 bridgehead atoms. The summed E-state index contributed by atoms with van der Waals surface area (Å²) in [6.45, 7) is 13.7. The summed E-state index contributed by atoms with van der Waals surface area (Å²) in [5.74, 6) is 0. The van der Waals surface area contributed by atoms with Gasteiger partial charge in [0.2, 0.25) is 0 Å². The molecule has 0 radical (unpaired) electrons. The molecule has 1 aliphatic rings. The third-order valence-corrected chi connectivity index (χ3v) is 3.34. The summed E-state index contributed by atoms with van der Waals surface area (Å²) < 4.78 is 0. The fraction of sp³-hybridized carbons (Fsp3) is 1.00. The predicted octanol–water partition coefficient (Wildman–Crippen LogP) is 2.74. The molecule has 1 heterocycles. The highest BCUT2D eigenvalue weighted by atomic mass is 15.1. The molecule has 1 atom stereocenters. The summed E-state index contributed by atoms with van der Waals surface area (Å²) in [7, 11) is 2.06. The largest absolute Gasteiger partial charge is 0.319 e. The van der Waals surface area contributed by atoms with Crippen LogP contribution < -0.4 is 5.32 Å². The monoisotopic (exact) mass is 214 g/mol. The van der Waals surface area contributed by atoms with Gasteiger partial charge in [-0.15, -0.1) is 0 Å². The Bertz CT molecular complexity index is 147. The van der Waals surface area contributed by atoms with Crippen molar-refractivity contribution in [3.05, 3.63) is 0 Å². The van der Waals surface area contributed by atoms with Gasteiger partial charge in [-0.2, -0.15) is 0 Å². The van der Waals surface area contributed by atoms with E-state index >= 15 is 0 Å². The molecule has 0 aliphatic carbocycles. The number of rotatable bonds is 3. The first-order chi connectivity index (χ1) is 7.20. The van der Waals surface area contributed by atoms with Gasteiger partial charge in [0.05, 0.1) is 0 Å². The molecule has 2 heteroatoms. The molecule has 0 aromatic carbocycles.